The molecule has 2 fully saturated rings. The third-order valence-electron chi connectivity index (χ3n) is 8.38. The summed E-state index contributed by atoms with van der Waals surface area (Å²) >= 11 is 0. The van der Waals surface area contributed by atoms with Gasteiger partial charge in [-0.1, -0.05) is 115 Å². The van der Waals surface area contributed by atoms with Crippen LogP contribution in [0.2, 0.25) is 0 Å². The molecule has 3 atom stereocenters. The molecule has 0 bridgehead atoms. The second kappa shape index (κ2) is 10.4. The first-order valence-electron chi connectivity index (χ1n) is 14.0. The van der Waals surface area contributed by atoms with E-state index in [9.17, 15) is 18.0 Å². The van der Waals surface area contributed by atoms with Crippen LogP contribution < -0.4 is 0 Å². The Morgan fingerprint density at radius 3 is 1.93 bits per heavy atom. The summed E-state index contributed by atoms with van der Waals surface area (Å²) in [6, 6.07) is 36.7. The lowest BCUT2D eigenvalue weighted by atomic mass is 9.87. The van der Waals surface area contributed by atoms with Crippen molar-refractivity contribution < 1.29 is 22.7 Å². The van der Waals surface area contributed by atoms with Crippen molar-refractivity contribution in [3.63, 3.8) is 0 Å². The first-order chi connectivity index (χ1) is 20.4. The van der Waals surface area contributed by atoms with Gasteiger partial charge < -0.3 is 4.74 Å². The minimum atomic E-state index is -3.67. The predicted octanol–water partition coefficient (Wildman–Crippen LogP) is 5.73. The summed E-state index contributed by atoms with van der Waals surface area (Å²) in [6.45, 7) is 0. The maximum absolute atomic E-state index is 13.6. The fraction of sp³-hybridized carbons (Fsp3) is 0.171. The average molecular weight is 575 g/mol. The van der Waals surface area contributed by atoms with Gasteiger partial charge in [0.25, 0.3) is 0 Å². The van der Waals surface area contributed by atoms with E-state index in [1.165, 1.54) is 6.08 Å². The van der Waals surface area contributed by atoms with Crippen LogP contribution in [0.25, 0.3) is 11.1 Å². The van der Waals surface area contributed by atoms with E-state index in [0.717, 1.165) is 38.6 Å². The zero-order valence-corrected chi connectivity index (χ0v) is 23.5. The Balaban J connectivity index is 1.14. The number of carbonyl (C=O) groups excluding carboxylic acids is 2. The van der Waals surface area contributed by atoms with Crippen molar-refractivity contribution in [1.82, 2.24) is 4.90 Å². The van der Waals surface area contributed by atoms with Gasteiger partial charge in [-0.3, -0.25) is 9.69 Å². The largest absolute Gasteiger partial charge is 0.448 e. The van der Waals surface area contributed by atoms with Gasteiger partial charge in [-0.25, -0.2) is 13.2 Å². The fourth-order valence-electron chi connectivity index (χ4n) is 6.29. The molecule has 1 radical (unpaired) electrons. The summed E-state index contributed by atoms with van der Waals surface area (Å²) < 4.78 is 32.6. The van der Waals surface area contributed by atoms with Gasteiger partial charge in [0.2, 0.25) is 5.91 Å². The fourth-order valence-corrected chi connectivity index (χ4v) is 8.17. The molecule has 0 aromatic heterocycles. The molecule has 0 spiro atoms. The minimum absolute atomic E-state index is 0.000164. The highest BCUT2D eigenvalue weighted by atomic mass is 32.2. The van der Waals surface area contributed by atoms with E-state index in [1.807, 2.05) is 115 Å². The van der Waals surface area contributed by atoms with Crippen LogP contribution in [0.15, 0.2) is 127 Å². The first kappa shape index (κ1) is 26.4. The molecule has 2 heterocycles. The Kier molecular flexibility index (Phi) is 6.54. The van der Waals surface area contributed by atoms with Crippen LogP contribution in [0.5, 0.6) is 0 Å². The molecular weight excluding hydrogens is 546 g/mol. The summed E-state index contributed by atoms with van der Waals surface area (Å²) in [7, 11) is -3.67. The lowest BCUT2D eigenvalue weighted by molar-refractivity contribution is -0.157. The molecule has 1 aliphatic carbocycles. The van der Waals surface area contributed by atoms with Crippen LogP contribution in [0.3, 0.4) is 0 Å². The van der Waals surface area contributed by atoms with Crippen molar-refractivity contribution >= 4 is 21.7 Å². The number of esters is 1. The van der Waals surface area contributed by atoms with Gasteiger partial charge in [-0.2, -0.15) is 0 Å². The molecule has 3 aliphatic rings. The Morgan fingerprint density at radius 2 is 1.31 bits per heavy atom. The standard InChI is InChI=1S/C35H28NO5S/c37-33-31(29-22-28(29)27-19-11-10-18-26(27)23-12-4-1-5-13-23)34-36(33)30(20-21-42(34,39)40)35(38)41-32(24-14-6-2-7-15-24)25-16-8-3-9-17-25/h1-20,29,31-32,34H,21-22H2/t29?,31?,34-/m0/s1. The van der Waals surface area contributed by atoms with Crippen molar-refractivity contribution in [1.29, 1.82) is 0 Å². The van der Waals surface area contributed by atoms with Crippen molar-refractivity contribution in [2.45, 2.75) is 17.9 Å². The molecule has 1 amide bonds. The highest BCUT2D eigenvalue weighted by molar-refractivity contribution is 7.92. The van der Waals surface area contributed by atoms with E-state index in [4.69, 9.17) is 4.74 Å². The van der Waals surface area contributed by atoms with Crippen LogP contribution in [0, 0.1) is 17.8 Å². The van der Waals surface area contributed by atoms with Gasteiger partial charge in [0.05, 0.1) is 11.7 Å². The van der Waals surface area contributed by atoms with Crippen molar-refractivity contribution in [2.24, 2.45) is 11.8 Å². The van der Waals surface area contributed by atoms with Crippen LogP contribution >= 0.6 is 0 Å². The van der Waals surface area contributed by atoms with Gasteiger partial charge in [0, 0.05) is 5.92 Å². The Hall–Kier alpha value is -4.49. The molecule has 4 aromatic rings. The summed E-state index contributed by atoms with van der Waals surface area (Å²) in [5.74, 6) is -1.20. The average Bonchev–Trinajstić information content (AvgIpc) is 3.81. The monoisotopic (exact) mass is 574 g/mol. The van der Waals surface area contributed by atoms with Gasteiger partial charge in [-0.15, -0.1) is 0 Å². The van der Waals surface area contributed by atoms with Gasteiger partial charge in [-0.05, 0) is 46.2 Å². The summed E-state index contributed by atoms with van der Waals surface area (Å²) in [5, 5.41) is -1.07. The maximum Gasteiger partial charge on any atom is 0.355 e. The summed E-state index contributed by atoms with van der Waals surface area (Å²) in [6.07, 6.45) is 1.26. The van der Waals surface area contributed by atoms with Gasteiger partial charge in [0.1, 0.15) is 5.70 Å². The molecule has 6 nitrogen and oxygen atoms in total. The number of ether oxygens (including phenoxy) is 1. The number of β-lactam (4-membered cyclic amide) rings is 1. The second-order valence-corrected chi connectivity index (χ2v) is 13.0. The number of benzene rings is 4. The molecule has 209 valence electrons. The molecule has 0 N–H and O–H groups in total. The molecule has 4 aromatic carbocycles. The minimum Gasteiger partial charge on any atom is -0.448 e. The highest BCUT2D eigenvalue weighted by Gasteiger charge is 2.65. The number of amides is 1. The molecule has 7 heteroatoms. The van der Waals surface area contributed by atoms with Gasteiger partial charge >= 0.3 is 5.97 Å². The van der Waals surface area contributed by atoms with E-state index in [-0.39, 0.29) is 23.3 Å². The Labute approximate surface area is 245 Å². The van der Waals surface area contributed by atoms with E-state index in [1.54, 1.807) is 0 Å². The lowest BCUT2D eigenvalue weighted by Crippen LogP contribution is -2.67. The molecule has 1 saturated heterocycles. The third-order valence-corrected chi connectivity index (χ3v) is 10.2. The topological polar surface area (TPSA) is 80.8 Å². The van der Waals surface area contributed by atoms with Crippen molar-refractivity contribution in [3.8, 4) is 11.1 Å². The number of sulfone groups is 1. The number of carbonyl (C=O) groups is 2. The van der Waals surface area contributed by atoms with Crippen molar-refractivity contribution in [2.75, 3.05) is 5.75 Å². The maximum atomic E-state index is 13.6. The molecular formula is C35H28NO5S. The third kappa shape index (κ3) is 4.54. The Morgan fingerprint density at radius 1 is 0.762 bits per heavy atom. The zero-order valence-electron chi connectivity index (χ0n) is 22.7. The number of hydrogen-bond acceptors (Lipinski definition) is 5. The number of fused-ring (bicyclic) bond motifs is 1. The predicted molar refractivity (Wildman–Crippen MR) is 159 cm³/mol. The Bertz CT molecular complexity index is 1750. The van der Waals surface area contributed by atoms with E-state index >= 15 is 0 Å². The molecule has 1 saturated carbocycles. The SMILES string of the molecule is O=C(OC(c1ccccc1)c1ccccc1)C1=CCS(=O)(=O)[C@H]2C(C3C[C]3c3ccccc3-c3ccccc3)C(=O)N12. The van der Waals surface area contributed by atoms with Gasteiger partial charge in [0.15, 0.2) is 21.3 Å². The van der Waals surface area contributed by atoms with Crippen LogP contribution in [0.4, 0.5) is 0 Å². The van der Waals surface area contributed by atoms with Crippen LogP contribution in [-0.2, 0) is 24.2 Å². The lowest BCUT2D eigenvalue weighted by Gasteiger charge is -2.48. The molecule has 2 aliphatic heterocycles. The van der Waals surface area contributed by atoms with Crippen LogP contribution in [-0.4, -0.2) is 36.3 Å². The highest BCUT2D eigenvalue weighted by Crippen LogP contribution is 2.59. The van der Waals surface area contributed by atoms with E-state index < -0.39 is 33.2 Å². The second-order valence-electron chi connectivity index (χ2n) is 10.9. The molecule has 2 unspecified atom stereocenters. The molecule has 7 rings (SSSR count). The number of nitrogens with zero attached hydrogens (tertiary/aromatic N) is 1. The smallest absolute Gasteiger partial charge is 0.355 e. The normalized spacial score (nSPS) is 22.6. The summed E-state index contributed by atoms with van der Waals surface area (Å²) in [4.78, 5) is 28.4. The van der Waals surface area contributed by atoms with E-state index in [2.05, 4.69) is 0 Å². The van der Waals surface area contributed by atoms with Crippen LogP contribution in [0.1, 0.15) is 29.2 Å². The quantitative estimate of drug-likeness (QED) is 0.208. The number of hydrogen-bond donors (Lipinski definition) is 0. The van der Waals surface area contributed by atoms with Crippen molar-refractivity contribution in [3.05, 3.63) is 150 Å². The zero-order chi connectivity index (χ0) is 28.8. The number of rotatable bonds is 7. The summed E-state index contributed by atoms with van der Waals surface area (Å²) in [5.41, 5.74) is 4.72. The molecule has 42 heavy (non-hydrogen) atoms. The van der Waals surface area contributed by atoms with E-state index in [0.29, 0.717) is 6.42 Å². The first-order valence-corrected chi connectivity index (χ1v) is 15.7.